The molecular weight excluding hydrogens is 176 g/mol. The van der Waals surface area contributed by atoms with E-state index in [4.69, 9.17) is 5.53 Å². The normalized spacial score (nSPS) is 11.9. The third-order valence-corrected chi connectivity index (χ3v) is 1.64. The highest BCUT2D eigenvalue weighted by atomic mass is 19.1. The molecule has 0 fully saturated rings. The molecular formula is C8H7F2N3. The Labute approximate surface area is 73.6 Å². The summed E-state index contributed by atoms with van der Waals surface area (Å²) >= 11 is 0. The van der Waals surface area contributed by atoms with E-state index in [-0.39, 0.29) is 5.56 Å². The summed E-state index contributed by atoms with van der Waals surface area (Å²) in [6.07, 6.45) is 0. The second kappa shape index (κ2) is 3.87. The monoisotopic (exact) mass is 183 g/mol. The van der Waals surface area contributed by atoms with Crippen LogP contribution in [0.1, 0.15) is 18.5 Å². The lowest BCUT2D eigenvalue weighted by Gasteiger charge is -2.06. The third kappa shape index (κ3) is 1.95. The van der Waals surface area contributed by atoms with Crippen molar-refractivity contribution < 1.29 is 8.78 Å². The Balaban J connectivity index is 3.19. The fourth-order valence-electron chi connectivity index (χ4n) is 1.05. The molecule has 0 aliphatic heterocycles. The summed E-state index contributed by atoms with van der Waals surface area (Å²) in [4.78, 5) is 2.49. The van der Waals surface area contributed by atoms with Crippen LogP contribution in [0.4, 0.5) is 8.78 Å². The predicted octanol–water partition coefficient (Wildman–Crippen LogP) is 3.34. The lowest BCUT2D eigenvalue weighted by Crippen LogP contribution is -1.97. The van der Waals surface area contributed by atoms with E-state index in [9.17, 15) is 8.78 Å². The molecule has 3 nitrogen and oxygen atoms in total. The second-order valence-electron chi connectivity index (χ2n) is 2.52. The molecule has 0 unspecified atom stereocenters. The Bertz CT molecular complexity index is 338. The molecule has 0 spiro atoms. The van der Waals surface area contributed by atoms with Crippen LogP contribution in [0.25, 0.3) is 10.4 Å². The van der Waals surface area contributed by atoms with E-state index in [0.717, 1.165) is 12.1 Å². The average Bonchev–Trinajstić information content (AvgIpc) is 2.04. The van der Waals surface area contributed by atoms with Crippen LogP contribution >= 0.6 is 0 Å². The van der Waals surface area contributed by atoms with Crippen molar-refractivity contribution in [2.45, 2.75) is 13.0 Å². The quantitative estimate of drug-likeness (QED) is 0.383. The fourth-order valence-corrected chi connectivity index (χ4v) is 1.05. The Morgan fingerprint density at radius 3 is 2.38 bits per heavy atom. The van der Waals surface area contributed by atoms with Crippen molar-refractivity contribution in [2.24, 2.45) is 5.11 Å². The zero-order chi connectivity index (χ0) is 9.84. The topological polar surface area (TPSA) is 48.8 Å². The van der Waals surface area contributed by atoms with E-state index in [1.165, 1.54) is 13.0 Å². The van der Waals surface area contributed by atoms with Gasteiger partial charge in [0.2, 0.25) is 0 Å². The minimum atomic E-state index is -0.828. The van der Waals surface area contributed by atoms with Crippen molar-refractivity contribution in [3.8, 4) is 0 Å². The van der Waals surface area contributed by atoms with Crippen LogP contribution < -0.4 is 0 Å². The Hall–Kier alpha value is -1.61. The molecule has 0 aliphatic carbocycles. The van der Waals surface area contributed by atoms with Gasteiger partial charge < -0.3 is 0 Å². The molecule has 0 aromatic heterocycles. The van der Waals surface area contributed by atoms with Crippen molar-refractivity contribution >= 4 is 0 Å². The van der Waals surface area contributed by atoms with Gasteiger partial charge in [-0.25, -0.2) is 8.78 Å². The van der Waals surface area contributed by atoms with Gasteiger partial charge in [0.25, 0.3) is 0 Å². The number of benzene rings is 1. The van der Waals surface area contributed by atoms with Crippen LogP contribution in [0.3, 0.4) is 0 Å². The minimum Gasteiger partial charge on any atom is -0.207 e. The molecule has 5 heteroatoms. The molecule has 13 heavy (non-hydrogen) atoms. The van der Waals surface area contributed by atoms with Gasteiger partial charge in [0.05, 0.1) is 6.04 Å². The summed E-state index contributed by atoms with van der Waals surface area (Å²) in [5, 5.41) is 3.22. The molecule has 0 saturated heterocycles. The first-order chi connectivity index (χ1) is 6.16. The van der Waals surface area contributed by atoms with Gasteiger partial charge in [0, 0.05) is 10.5 Å². The van der Waals surface area contributed by atoms with Crippen LogP contribution in [0.15, 0.2) is 23.3 Å². The van der Waals surface area contributed by atoms with Crippen LogP contribution in [0.2, 0.25) is 0 Å². The molecule has 0 saturated carbocycles. The van der Waals surface area contributed by atoms with Gasteiger partial charge in [-0.1, -0.05) is 18.1 Å². The zero-order valence-electron chi connectivity index (χ0n) is 6.91. The van der Waals surface area contributed by atoms with Gasteiger partial charge >= 0.3 is 0 Å². The number of rotatable bonds is 2. The molecule has 0 N–H and O–H groups in total. The van der Waals surface area contributed by atoms with Gasteiger partial charge in [-0.3, -0.25) is 0 Å². The van der Waals surface area contributed by atoms with E-state index in [1.807, 2.05) is 0 Å². The van der Waals surface area contributed by atoms with Gasteiger partial charge in [-0.15, -0.1) is 0 Å². The first kappa shape index (κ1) is 9.48. The molecule has 1 aromatic rings. The lowest BCUT2D eigenvalue weighted by molar-refractivity contribution is 0.536. The lowest BCUT2D eigenvalue weighted by atomic mass is 10.1. The van der Waals surface area contributed by atoms with E-state index in [0.29, 0.717) is 0 Å². The van der Waals surface area contributed by atoms with Crippen molar-refractivity contribution in [1.82, 2.24) is 0 Å². The van der Waals surface area contributed by atoms with E-state index < -0.39 is 17.7 Å². The average molecular weight is 183 g/mol. The highest BCUT2D eigenvalue weighted by Crippen LogP contribution is 2.23. The maximum Gasteiger partial charge on any atom is 0.129 e. The van der Waals surface area contributed by atoms with Crippen LogP contribution in [-0.2, 0) is 0 Å². The van der Waals surface area contributed by atoms with Crippen molar-refractivity contribution in [3.63, 3.8) is 0 Å². The zero-order valence-corrected chi connectivity index (χ0v) is 6.91. The maximum atomic E-state index is 13.0. The SMILES string of the molecule is C[C@H](N=[N+]=[N-])c1c(F)cccc1F. The molecule has 0 bridgehead atoms. The third-order valence-electron chi connectivity index (χ3n) is 1.64. The molecule has 1 rings (SSSR count). The minimum absolute atomic E-state index is 0.194. The summed E-state index contributed by atoms with van der Waals surface area (Å²) in [5.41, 5.74) is 7.90. The molecule has 1 aromatic carbocycles. The summed E-state index contributed by atoms with van der Waals surface area (Å²) < 4.78 is 26.0. The largest absolute Gasteiger partial charge is 0.207 e. The smallest absolute Gasteiger partial charge is 0.129 e. The number of nitrogens with zero attached hydrogens (tertiary/aromatic N) is 3. The van der Waals surface area contributed by atoms with E-state index in [2.05, 4.69) is 10.0 Å². The summed E-state index contributed by atoms with van der Waals surface area (Å²) in [6, 6.07) is 2.69. The Morgan fingerprint density at radius 1 is 1.38 bits per heavy atom. The highest BCUT2D eigenvalue weighted by molar-refractivity contribution is 5.22. The summed E-state index contributed by atoms with van der Waals surface area (Å²) in [6.45, 7) is 1.43. The van der Waals surface area contributed by atoms with E-state index >= 15 is 0 Å². The van der Waals surface area contributed by atoms with Crippen LogP contribution in [-0.4, -0.2) is 0 Å². The van der Waals surface area contributed by atoms with Crippen molar-refractivity contribution in [1.29, 1.82) is 0 Å². The summed E-state index contributed by atoms with van der Waals surface area (Å²) in [5.74, 6) is -1.39. The van der Waals surface area contributed by atoms with Crippen LogP contribution in [0, 0.1) is 11.6 Å². The highest BCUT2D eigenvalue weighted by Gasteiger charge is 2.13. The molecule has 0 heterocycles. The standard InChI is InChI=1S/C8H7F2N3/c1-5(12-13-11)8-6(9)3-2-4-7(8)10/h2-5H,1H3/t5-/m0/s1. The Kier molecular flexibility index (Phi) is 2.82. The van der Waals surface area contributed by atoms with Gasteiger partial charge in [0.1, 0.15) is 11.6 Å². The molecule has 0 aliphatic rings. The van der Waals surface area contributed by atoms with Gasteiger partial charge in [-0.05, 0) is 17.7 Å². The molecule has 1 atom stereocenters. The molecule has 0 amide bonds. The number of halogens is 2. The van der Waals surface area contributed by atoms with E-state index in [1.54, 1.807) is 0 Å². The van der Waals surface area contributed by atoms with Crippen molar-refractivity contribution in [2.75, 3.05) is 0 Å². The second-order valence-corrected chi connectivity index (χ2v) is 2.52. The number of hydrogen-bond acceptors (Lipinski definition) is 1. The summed E-state index contributed by atoms with van der Waals surface area (Å²) in [7, 11) is 0. The first-order valence-corrected chi connectivity index (χ1v) is 3.65. The van der Waals surface area contributed by atoms with Gasteiger partial charge in [0.15, 0.2) is 0 Å². The maximum absolute atomic E-state index is 13.0. The molecule has 0 radical (unpaired) electrons. The van der Waals surface area contributed by atoms with Crippen molar-refractivity contribution in [3.05, 3.63) is 45.8 Å². The van der Waals surface area contributed by atoms with Crippen LogP contribution in [0.5, 0.6) is 0 Å². The van der Waals surface area contributed by atoms with Gasteiger partial charge in [-0.2, -0.15) is 0 Å². The molecule has 68 valence electrons. The number of hydrogen-bond donors (Lipinski definition) is 0. The first-order valence-electron chi connectivity index (χ1n) is 3.65. The fraction of sp³-hybridized carbons (Fsp3) is 0.250. The number of azide groups is 1. The Morgan fingerprint density at radius 2 is 1.92 bits per heavy atom. The predicted molar refractivity (Wildman–Crippen MR) is 43.9 cm³/mol.